The number of hydrazine groups is 1. The molecular formula is C14H27N5O. The van der Waals surface area contributed by atoms with Crippen LogP contribution in [0.25, 0.3) is 0 Å². The lowest BCUT2D eigenvalue weighted by Gasteiger charge is -2.27. The summed E-state index contributed by atoms with van der Waals surface area (Å²) in [5.74, 6) is 7.47. The van der Waals surface area contributed by atoms with Gasteiger partial charge >= 0.3 is 0 Å². The summed E-state index contributed by atoms with van der Waals surface area (Å²) < 4.78 is 0. The van der Waals surface area contributed by atoms with Crippen LogP contribution in [0.5, 0.6) is 0 Å². The lowest BCUT2D eigenvalue weighted by atomic mass is 9.94. The zero-order chi connectivity index (χ0) is 15.3. The number of hydrogen-bond donors (Lipinski definition) is 4. The van der Waals surface area contributed by atoms with E-state index in [9.17, 15) is 5.11 Å². The number of nitrogens with one attached hydrogen (secondary N) is 2. The molecular weight excluding hydrogens is 254 g/mol. The highest BCUT2D eigenvalue weighted by Gasteiger charge is 2.23. The van der Waals surface area contributed by atoms with E-state index in [1.807, 2.05) is 6.92 Å². The Morgan fingerprint density at radius 1 is 1.25 bits per heavy atom. The highest BCUT2D eigenvalue weighted by molar-refractivity contribution is 5.58. The Hall–Kier alpha value is -1.40. The predicted molar refractivity (Wildman–Crippen MR) is 82.5 cm³/mol. The topological polar surface area (TPSA) is 96.1 Å². The van der Waals surface area contributed by atoms with Crippen LogP contribution in [0, 0.1) is 5.92 Å². The van der Waals surface area contributed by atoms with Gasteiger partial charge in [0.1, 0.15) is 18.0 Å². The van der Waals surface area contributed by atoms with E-state index in [0.717, 1.165) is 12.0 Å². The van der Waals surface area contributed by atoms with Gasteiger partial charge in [0, 0.05) is 12.1 Å². The zero-order valence-corrected chi connectivity index (χ0v) is 13.1. The highest BCUT2D eigenvalue weighted by atomic mass is 16.3. The Bertz CT molecular complexity index is 432. The molecule has 1 atom stereocenters. The number of rotatable bonds is 7. The summed E-state index contributed by atoms with van der Waals surface area (Å²) in [4.78, 5) is 8.38. The summed E-state index contributed by atoms with van der Waals surface area (Å²) in [5, 5.41) is 13.6. The molecule has 20 heavy (non-hydrogen) atoms. The van der Waals surface area contributed by atoms with Crippen molar-refractivity contribution in [3.8, 4) is 0 Å². The normalized spacial score (nSPS) is 14.4. The molecule has 0 saturated heterocycles. The van der Waals surface area contributed by atoms with Gasteiger partial charge < -0.3 is 15.8 Å². The van der Waals surface area contributed by atoms with Crippen LogP contribution in [0.1, 0.15) is 52.5 Å². The van der Waals surface area contributed by atoms with Crippen LogP contribution in [0.15, 0.2) is 6.33 Å². The summed E-state index contributed by atoms with van der Waals surface area (Å²) in [6.45, 7) is 10.6. The summed E-state index contributed by atoms with van der Waals surface area (Å²) in [7, 11) is 0. The monoisotopic (exact) mass is 281 g/mol. The molecule has 6 heteroatoms. The first-order chi connectivity index (χ1) is 9.26. The van der Waals surface area contributed by atoms with Crippen LogP contribution in [0.4, 0.5) is 11.6 Å². The van der Waals surface area contributed by atoms with Gasteiger partial charge in [-0.05, 0) is 25.2 Å². The third kappa shape index (κ3) is 4.61. The highest BCUT2D eigenvalue weighted by Crippen LogP contribution is 2.28. The molecule has 0 aliphatic rings. The Morgan fingerprint density at radius 3 is 2.35 bits per heavy atom. The van der Waals surface area contributed by atoms with Crippen LogP contribution in [0.3, 0.4) is 0 Å². The van der Waals surface area contributed by atoms with Crippen molar-refractivity contribution in [3.05, 3.63) is 11.9 Å². The third-order valence-corrected chi connectivity index (χ3v) is 3.08. The quantitative estimate of drug-likeness (QED) is 0.451. The molecule has 1 rings (SSSR count). The van der Waals surface area contributed by atoms with Crippen molar-refractivity contribution < 1.29 is 5.11 Å². The largest absolute Gasteiger partial charge is 0.388 e. The maximum Gasteiger partial charge on any atom is 0.148 e. The molecule has 0 aliphatic heterocycles. The van der Waals surface area contributed by atoms with E-state index >= 15 is 0 Å². The zero-order valence-electron chi connectivity index (χ0n) is 13.1. The van der Waals surface area contributed by atoms with Crippen molar-refractivity contribution in [2.45, 2.75) is 52.6 Å². The Kier molecular flexibility index (Phi) is 5.71. The minimum atomic E-state index is -0.774. The van der Waals surface area contributed by atoms with Crippen LogP contribution < -0.4 is 16.6 Å². The number of hydrogen-bond acceptors (Lipinski definition) is 6. The van der Waals surface area contributed by atoms with E-state index in [4.69, 9.17) is 5.84 Å². The standard InChI is InChI=1S/C14H27N5O/c1-9(2)6-14(5,20)7-16-12-11(10(3)4)13(19-15)18-8-17-12/h8-10,20H,6-7,15H2,1-5H3,(H2,16,17,18,19). The SMILES string of the molecule is CC(C)CC(C)(O)CNc1ncnc(NN)c1C(C)C. The fourth-order valence-corrected chi connectivity index (χ4v) is 2.42. The number of aromatic nitrogens is 2. The predicted octanol–water partition coefficient (Wildman–Crippen LogP) is 2.09. The second-order valence-electron chi connectivity index (χ2n) is 6.23. The first-order valence-corrected chi connectivity index (χ1v) is 7.04. The Morgan fingerprint density at radius 2 is 1.85 bits per heavy atom. The van der Waals surface area contributed by atoms with Gasteiger partial charge in [0.2, 0.25) is 0 Å². The van der Waals surface area contributed by atoms with E-state index in [1.165, 1.54) is 6.33 Å². The summed E-state index contributed by atoms with van der Waals surface area (Å²) in [6.07, 6.45) is 2.19. The molecule has 1 heterocycles. The van der Waals surface area contributed by atoms with Crippen molar-refractivity contribution in [1.29, 1.82) is 0 Å². The summed E-state index contributed by atoms with van der Waals surface area (Å²) in [5.41, 5.74) is 2.75. The molecule has 5 N–H and O–H groups in total. The maximum atomic E-state index is 10.4. The van der Waals surface area contributed by atoms with Gasteiger partial charge in [-0.3, -0.25) is 0 Å². The molecule has 0 spiro atoms. The number of nitrogens with two attached hydrogens (primary N) is 1. The second kappa shape index (κ2) is 6.85. The van der Waals surface area contributed by atoms with Gasteiger partial charge in [0.05, 0.1) is 5.60 Å². The van der Waals surface area contributed by atoms with Gasteiger partial charge in [-0.1, -0.05) is 27.7 Å². The number of nitrogens with zero attached hydrogens (tertiary/aromatic N) is 2. The van der Waals surface area contributed by atoms with E-state index < -0.39 is 5.60 Å². The van der Waals surface area contributed by atoms with Crippen LogP contribution in [0.2, 0.25) is 0 Å². The van der Waals surface area contributed by atoms with Gasteiger partial charge in [-0.25, -0.2) is 15.8 Å². The van der Waals surface area contributed by atoms with Gasteiger partial charge in [-0.2, -0.15) is 0 Å². The molecule has 0 aliphatic carbocycles. The average molecular weight is 281 g/mol. The molecule has 0 radical (unpaired) electrons. The van der Waals surface area contributed by atoms with E-state index in [1.54, 1.807) is 0 Å². The minimum absolute atomic E-state index is 0.222. The Balaban J connectivity index is 2.87. The second-order valence-corrected chi connectivity index (χ2v) is 6.23. The molecule has 0 bridgehead atoms. The van der Waals surface area contributed by atoms with E-state index in [2.05, 4.69) is 48.4 Å². The van der Waals surface area contributed by atoms with Crippen molar-refractivity contribution in [3.63, 3.8) is 0 Å². The van der Waals surface area contributed by atoms with E-state index in [0.29, 0.717) is 24.1 Å². The number of anilines is 2. The first-order valence-electron chi connectivity index (χ1n) is 7.04. The molecule has 0 aromatic carbocycles. The lowest BCUT2D eigenvalue weighted by Crippen LogP contribution is -2.35. The number of nitrogen functional groups attached to an aromatic ring is 1. The summed E-state index contributed by atoms with van der Waals surface area (Å²) >= 11 is 0. The molecule has 0 amide bonds. The van der Waals surface area contributed by atoms with Gasteiger partial charge in [0.15, 0.2) is 0 Å². The smallest absolute Gasteiger partial charge is 0.148 e. The van der Waals surface area contributed by atoms with Crippen LogP contribution in [-0.2, 0) is 0 Å². The van der Waals surface area contributed by atoms with Crippen molar-refractivity contribution in [1.82, 2.24) is 9.97 Å². The van der Waals surface area contributed by atoms with Crippen molar-refractivity contribution >= 4 is 11.6 Å². The average Bonchev–Trinajstić information content (AvgIpc) is 2.34. The van der Waals surface area contributed by atoms with Gasteiger partial charge in [0.25, 0.3) is 0 Å². The molecule has 114 valence electrons. The van der Waals surface area contributed by atoms with Gasteiger partial charge in [-0.15, -0.1) is 0 Å². The molecule has 1 unspecified atom stereocenters. The van der Waals surface area contributed by atoms with E-state index in [-0.39, 0.29) is 5.92 Å². The summed E-state index contributed by atoms with van der Waals surface area (Å²) in [6, 6.07) is 0. The minimum Gasteiger partial charge on any atom is -0.388 e. The molecule has 1 aromatic heterocycles. The molecule has 6 nitrogen and oxygen atoms in total. The number of aliphatic hydroxyl groups is 1. The van der Waals surface area contributed by atoms with Crippen molar-refractivity contribution in [2.24, 2.45) is 11.8 Å². The molecule has 1 aromatic rings. The Labute approximate surface area is 121 Å². The molecule has 0 fully saturated rings. The maximum absolute atomic E-state index is 10.4. The fourth-order valence-electron chi connectivity index (χ4n) is 2.42. The first kappa shape index (κ1) is 16.7. The van der Waals surface area contributed by atoms with Crippen molar-refractivity contribution in [2.75, 3.05) is 17.3 Å². The fraction of sp³-hybridized carbons (Fsp3) is 0.714. The molecule has 0 saturated carbocycles. The van der Waals surface area contributed by atoms with Crippen LogP contribution >= 0.6 is 0 Å². The third-order valence-electron chi connectivity index (χ3n) is 3.08. The van der Waals surface area contributed by atoms with Crippen LogP contribution in [-0.4, -0.2) is 27.2 Å². The lowest BCUT2D eigenvalue weighted by molar-refractivity contribution is 0.0514.